The first kappa shape index (κ1) is 16.3. The number of fused-ring (bicyclic) bond motifs is 1. The van der Waals surface area contributed by atoms with Crippen LogP contribution in [-0.2, 0) is 9.47 Å². The monoisotopic (exact) mass is 367 g/mol. The number of benzene rings is 2. The smallest absolute Gasteiger partial charge is 0.269 e. The van der Waals surface area contributed by atoms with E-state index in [1.807, 2.05) is 0 Å². The summed E-state index contributed by atoms with van der Waals surface area (Å²) in [5.41, 5.74) is 1.14. The number of epoxide rings is 2. The third kappa shape index (κ3) is 3.15. The Kier molecular flexibility index (Phi) is 3.84. The molecule has 3 aliphatic heterocycles. The van der Waals surface area contributed by atoms with Gasteiger partial charge in [0, 0.05) is 0 Å². The molecule has 27 heavy (non-hydrogen) atoms. The van der Waals surface area contributed by atoms with Crippen LogP contribution in [0, 0.1) is 0 Å². The minimum absolute atomic E-state index is 0.0674. The summed E-state index contributed by atoms with van der Waals surface area (Å²) in [4.78, 5) is 26.9. The first-order chi connectivity index (χ1) is 13.2. The molecule has 0 bridgehead atoms. The lowest BCUT2D eigenvalue weighted by atomic mass is 10.1. The van der Waals surface area contributed by atoms with Crippen LogP contribution in [0.4, 0.5) is 5.69 Å². The van der Waals surface area contributed by atoms with Crippen molar-refractivity contribution in [1.29, 1.82) is 0 Å². The summed E-state index contributed by atoms with van der Waals surface area (Å²) in [5, 5.41) is 0. The fourth-order valence-electron chi connectivity index (χ4n) is 3.00. The predicted octanol–water partition coefficient (Wildman–Crippen LogP) is 2.04. The number of imide groups is 1. The number of hydrogen-bond donors (Lipinski definition) is 0. The van der Waals surface area contributed by atoms with Crippen molar-refractivity contribution in [3.8, 4) is 11.5 Å². The van der Waals surface area contributed by atoms with Gasteiger partial charge >= 0.3 is 0 Å². The van der Waals surface area contributed by atoms with E-state index in [4.69, 9.17) is 18.9 Å². The Morgan fingerprint density at radius 2 is 1.56 bits per heavy atom. The maximum atomic E-state index is 12.9. The lowest BCUT2D eigenvalue weighted by Crippen LogP contribution is -2.29. The van der Waals surface area contributed by atoms with E-state index in [0.717, 1.165) is 6.61 Å². The van der Waals surface area contributed by atoms with Gasteiger partial charge in [0.2, 0.25) is 0 Å². The fourth-order valence-corrected chi connectivity index (χ4v) is 3.00. The van der Waals surface area contributed by atoms with E-state index in [9.17, 15) is 9.59 Å². The number of carbonyl (C=O) groups excluding carboxylic acids is 2. The number of carbonyl (C=O) groups is 2. The van der Waals surface area contributed by atoms with Gasteiger partial charge in [0.25, 0.3) is 11.8 Å². The van der Waals surface area contributed by atoms with Crippen molar-refractivity contribution in [1.82, 2.24) is 0 Å². The Hall–Kier alpha value is -2.90. The molecule has 2 fully saturated rings. The molecular weight excluding hydrogens is 350 g/mol. The Balaban J connectivity index is 1.37. The molecule has 0 aliphatic carbocycles. The van der Waals surface area contributed by atoms with Crippen molar-refractivity contribution in [2.45, 2.75) is 12.2 Å². The van der Waals surface area contributed by atoms with Crippen molar-refractivity contribution in [2.75, 3.05) is 31.3 Å². The molecule has 2 atom stereocenters. The van der Waals surface area contributed by atoms with Crippen molar-refractivity contribution in [3.63, 3.8) is 0 Å². The lowest BCUT2D eigenvalue weighted by molar-refractivity contribution is 0.0925. The van der Waals surface area contributed by atoms with Crippen molar-refractivity contribution >= 4 is 17.5 Å². The standard InChI is InChI=1S/C20H17NO6/c22-19-16-2-1-3-17(27-11-15-10-26-15)18(16)20(23)21(19)12-4-6-13(7-5-12)24-8-14-9-25-14/h1-7,14-15H,8-11H2. The predicted molar refractivity (Wildman–Crippen MR) is 94.5 cm³/mol. The van der Waals surface area contributed by atoms with Crippen LogP contribution in [0.5, 0.6) is 11.5 Å². The molecule has 0 aromatic heterocycles. The second kappa shape index (κ2) is 6.37. The van der Waals surface area contributed by atoms with E-state index in [1.165, 1.54) is 4.90 Å². The van der Waals surface area contributed by atoms with Crippen LogP contribution in [0.1, 0.15) is 20.7 Å². The average molecular weight is 367 g/mol. The minimum Gasteiger partial charge on any atom is -0.491 e. The van der Waals surface area contributed by atoms with Gasteiger partial charge in [-0.25, -0.2) is 4.90 Å². The van der Waals surface area contributed by atoms with Crippen molar-refractivity contribution < 1.29 is 28.5 Å². The molecule has 0 saturated carbocycles. The average Bonchev–Trinajstić information content (AvgIpc) is 3.60. The van der Waals surface area contributed by atoms with Gasteiger partial charge in [0.15, 0.2) is 0 Å². The summed E-state index contributed by atoms with van der Waals surface area (Å²) in [5.74, 6) is 0.332. The summed E-state index contributed by atoms with van der Waals surface area (Å²) in [6, 6.07) is 11.9. The van der Waals surface area contributed by atoms with Crippen LogP contribution in [0.25, 0.3) is 0 Å². The normalized spacial score (nSPS) is 22.6. The maximum absolute atomic E-state index is 12.9. The quantitative estimate of drug-likeness (QED) is 0.550. The van der Waals surface area contributed by atoms with E-state index in [0.29, 0.717) is 48.1 Å². The zero-order valence-corrected chi connectivity index (χ0v) is 14.4. The number of rotatable bonds is 7. The van der Waals surface area contributed by atoms with Gasteiger partial charge in [-0.3, -0.25) is 9.59 Å². The number of nitrogens with zero attached hydrogens (tertiary/aromatic N) is 1. The highest BCUT2D eigenvalue weighted by molar-refractivity contribution is 6.35. The van der Waals surface area contributed by atoms with E-state index in [1.54, 1.807) is 42.5 Å². The van der Waals surface area contributed by atoms with Crippen LogP contribution >= 0.6 is 0 Å². The molecule has 2 amide bonds. The van der Waals surface area contributed by atoms with E-state index < -0.39 is 0 Å². The molecule has 5 rings (SSSR count). The number of ether oxygens (including phenoxy) is 4. The molecule has 0 spiro atoms. The van der Waals surface area contributed by atoms with Gasteiger partial charge in [-0.2, -0.15) is 0 Å². The Labute approximate surface area is 155 Å². The number of anilines is 1. The van der Waals surface area contributed by atoms with Crippen LogP contribution < -0.4 is 14.4 Å². The van der Waals surface area contributed by atoms with Gasteiger partial charge < -0.3 is 18.9 Å². The zero-order valence-electron chi connectivity index (χ0n) is 14.4. The molecule has 7 nitrogen and oxygen atoms in total. The van der Waals surface area contributed by atoms with Gasteiger partial charge in [-0.1, -0.05) is 6.07 Å². The highest BCUT2D eigenvalue weighted by atomic mass is 16.6. The maximum Gasteiger partial charge on any atom is 0.269 e. The second-order valence-electron chi connectivity index (χ2n) is 6.65. The molecular formula is C20H17NO6. The van der Waals surface area contributed by atoms with Crippen molar-refractivity contribution in [2.24, 2.45) is 0 Å². The van der Waals surface area contributed by atoms with Crippen LogP contribution in [-0.4, -0.2) is 50.4 Å². The van der Waals surface area contributed by atoms with Gasteiger partial charge in [-0.05, 0) is 36.4 Å². The van der Waals surface area contributed by atoms with Crippen LogP contribution in [0.3, 0.4) is 0 Å². The molecule has 3 heterocycles. The second-order valence-corrected chi connectivity index (χ2v) is 6.65. The Morgan fingerprint density at radius 3 is 2.22 bits per heavy atom. The molecule has 7 heteroatoms. The topological polar surface area (TPSA) is 80.9 Å². The highest BCUT2D eigenvalue weighted by Crippen LogP contribution is 2.35. The highest BCUT2D eigenvalue weighted by Gasteiger charge is 2.39. The van der Waals surface area contributed by atoms with Gasteiger partial charge in [0.05, 0.1) is 30.0 Å². The third-order valence-corrected chi connectivity index (χ3v) is 4.64. The van der Waals surface area contributed by atoms with Crippen molar-refractivity contribution in [3.05, 3.63) is 53.6 Å². The molecule has 2 aromatic rings. The summed E-state index contributed by atoms with van der Waals surface area (Å²) in [6.07, 6.45) is 0.234. The van der Waals surface area contributed by atoms with E-state index >= 15 is 0 Å². The molecule has 2 saturated heterocycles. The molecule has 0 radical (unpaired) electrons. The zero-order chi connectivity index (χ0) is 18.4. The largest absolute Gasteiger partial charge is 0.491 e. The molecule has 0 N–H and O–H groups in total. The molecule has 138 valence electrons. The van der Waals surface area contributed by atoms with Crippen LogP contribution in [0.15, 0.2) is 42.5 Å². The molecule has 2 unspecified atom stereocenters. The first-order valence-corrected chi connectivity index (χ1v) is 8.81. The first-order valence-electron chi connectivity index (χ1n) is 8.81. The lowest BCUT2D eigenvalue weighted by Gasteiger charge is -2.15. The Bertz CT molecular complexity index is 901. The SMILES string of the molecule is O=C1c2cccc(OCC3CO3)c2C(=O)N1c1ccc(OCC2CO2)cc1. The van der Waals surface area contributed by atoms with Crippen LogP contribution in [0.2, 0.25) is 0 Å². The fraction of sp³-hybridized carbons (Fsp3) is 0.300. The summed E-state index contributed by atoms with van der Waals surface area (Å²) in [7, 11) is 0. The summed E-state index contributed by atoms with van der Waals surface area (Å²) < 4.78 is 21.5. The summed E-state index contributed by atoms with van der Waals surface area (Å²) >= 11 is 0. The van der Waals surface area contributed by atoms with E-state index in [2.05, 4.69) is 0 Å². The van der Waals surface area contributed by atoms with E-state index in [-0.39, 0.29) is 24.0 Å². The number of amides is 2. The van der Waals surface area contributed by atoms with Gasteiger partial charge in [-0.15, -0.1) is 0 Å². The summed E-state index contributed by atoms with van der Waals surface area (Å²) in [6.45, 7) is 2.26. The number of hydrogen-bond acceptors (Lipinski definition) is 6. The van der Waals surface area contributed by atoms with Gasteiger partial charge in [0.1, 0.15) is 36.9 Å². The third-order valence-electron chi connectivity index (χ3n) is 4.64. The minimum atomic E-state index is -0.387. The Morgan fingerprint density at radius 1 is 0.889 bits per heavy atom. The molecule has 2 aromatic carbocycles. The molecule has 3 aliphatic rings.